The van der Waals surface area contributed by atoms with E-state index in [0.717, 1.165) is 30.8 Å². The van der Waals surface area contributed by atoms with Gasteiger partial charge in [0, 0.05) is 37.6 Å². The van der Waals surface area contributed by atoms with Crippen LogP contribution in [0, 0.1) is 0 Å². The molecule has 28 heavy (non-hydrogen) atoms. The summed E-state index contributed by atoms with van der Waals surface area (Å²) in [6, 6.07) is 11.3. The van der Waals surface area contributed by atoms with Gasteiger partial charge in [-0.15, -0.1) is 0 Å². The fraction of sp³-hybridized carbons (Fsp3) is 0.364. The molecule has 0 spiro atoms. The summed E-state index contributed by atoms with van der Waals surface area (Å²) in [7, 11) is 1.94. The number of fused-ring (bicyclic) bond motifs is 1. The van der Waals surface area contributed by atoms with Crippen LogP contribution in [0.25, 0.3) is 11.1 Å². The minimum atomic E-state index is 0.376. The van der Waals surface area contributed by atoms with Crippen LogP contribution in [0.5, 0.6) is 11.6 Å². The van der Waals surface area contributed by atoms with Gasteiger partial charge in [-0.3, -0.25) is 9.58 Å². The Morgan fingerprint density at radius 3 is 2.75 bits per heavy atom. The second kappa shape index (κ2) is 7.28. The number of pyridine rings is 1. The standard InChI is InChI=1S/C22H24N4O2/c1-25-15-19(13-24-25)17-6-4-16(5-7-17)14-26-8-2-3-20(26)18-11-21-22(23-12-18)28-10-9-27-21/h4-7,11-13,15,20H,2-3,8-10,14H2,1H3/t20-/m0/s1. The van der Waals surface area contributed by atoms with Gasteiger partial charge < -0.3 is 9.47 Å². The van der Waals surface area contributed by atoms with E-state index < -0.39 is 0 Å². The number of likely N-dealkylation sites (tertiary alicyclic amines) is 1. The van der Waals surface area contributed by atoms with Gasteiger partial charge in [0.2, 0.25) is 0 Å². The molecule has 0 unspecified atom stereocenters. The molecule has 6 heteroatoms. The average molecular weight is 376 g/mol. The van der Waals surface area contributed by atoms with Crippen molar-refractivity contribution in [3.05, 3.63) is 60.0 Å². The highest BCUT2D eigenvalue weighted by molar-refractivity contribution is 5.61. The first-order chi connectivity index (χ1) is 13.8. The number of aromatic nitrogens is 3. The van der Waals surface area contributed by atoms with Crippen molar-refractivity contribution in [1.82, 2.24) is 19.7 Å². The molecule has 1 aromatic carbocycles. The van der Waals surface area contributed by atoms with Crippen LogP contribution in [-0.4, -0.2) is 39.4 Å². The molecule has 2 aliphatic rings. The van der Waals surface area contributed by atoms with Gasteiger partial charge in [0.05, 0.1) is 6.20 Å². The molecule has 5 rings (SSSR count). The minimum absolute atomic E-state index is 0.376. The Morgan fingerprint density at radius 2 is 1.93 bits per heavy atom. The second-order valence-corrected chi connectivity index (χ2v) is 7.50. The maximum Gasteiger partial charge on any atom is 0.257 e. The molecule has 6 nitrogen and oxygen atoms in total. The van der Waals surface area contributed by atoms with Crippen molar-refractivity contribution in [3.63, 3.8) is 0 Å². The molecule has 0 N–H and O–H groups in total. The van der Waals surface area contributed by atoms with Gasteiger partial charge >= 0.3 is 0 Å². The highest BCUT2D eigenvalue weighted by Gasteiger charge is 2.27. The van der Waals surface area contributed by atoms with E-state index in [1.165, 1.54) is 23.1 Å². The summed E-state index contributed by atoms with van der Waals surface area (Å²) < 4.78 is 13.1. The third-order valence-electron chi connectivity index (χ3n) is 5.55. The Balaban J connectivity index is 1.32. The van der Waals surface area contributed by atoms with Crippen LogP contribution in [0.1, 0.15) is 30.0 Å². The molecular formula is C22H24N4O2. The fourth-order valence-corrected chi connectivity index (χ4v) is 4.13. The molecule has 0 aliphatic carbocycles. The topological polar surface area (TPSA) is 52.4 Å². The van der Waals surface area contributed by atoms with Gasteiger partial charge in [0.15, 0.2) is 5.75 Å². The second-order valence-electron chi connectivity index (χ2n) is 7.50. The largest absolute Gasteiger partial charge is 0.484 e. The Bertz CT molecular complexity index is 967. The summed E-state index contributed by atoms with van der Waals surface area (Å²) in [5.41, 5.74) is 4.89. The number of hydrogen-bond acceptors (Lipinski definition) is 5. The lowest BCUT2D eigenvalue weighted by Crippen LogP contribution is -2.23. The highest BCUT2D eigenvalue weighted by Crippen LogP contribution is 2.37. The summed E-state index contributed by atoms with van der Waals surface area (Å²) in [6.45, 7) is 3.20. The van der Waals surface area contributed by atoms with Gasteiger partial charge in [-0.1, -0.05) is 24.3 Å². The lowest BCUT2D eigenvalue weighted by Gasteiger charge is -2.26. The van der Waals surface area contributed by atoms with Crippen molar-refractivity contribution in [2.24, 2.45) is 7.05 Å². The van der Waals surface area contributed by atoms with E-state index >= 15 is 0 Å². The first-order valence-electron chi connectivity index (χ1n) is 9.84. The van der Waals surface area contributed by atoms with E-state index in [1.807, 2.05) is 30.3 Å². The fourth-order valence-electron chi connectivity index (χ4n) is 4.13. The van der Waals surface area contributed by atoms with Crippen LogP contribution in [0.4, 0.5) is 0 Å². The zero-order valence-corrected chi connectivity index (χ0v) is 16.0. The SMILES string of the molecule is Cn1cc(-c2ccc(CN3CCC[C@H]3c3cnc4c(c3)OCCO4)cc2)cn1. The van der Waals surface area contributed by atoms with Gasteiger partial charge in [0.1, 0.15) is 13.2 Å². The van der Waals surface area contributed by atoms with Crippen LogP contribution in [0.2, 0.25) is 0 Å². The molecule has 0 saturated carbocycles. The van der Waals surface area contributed by atoms with Gasteiger partial charge in [-0.2, -0.15) is 5.10 Å². The lowest BCUT2D eigenvalue weighted by atomic mass is 10.0. The Labute approximate surface area is 164 Å². The number of benzene rings is 1. The Morgan fingerprint density at radius 1 is 1.07 bits per heavy atom. The normalized spacial score (nSPS) is 19.1. The molecule has 0 radical (unpaired) electrons. The quantitative estimate of drug-likeness (QED) is 0.697. The molecule has 144 valence electrons. The summed E-state index contributed by atoms with van der Waals surface area (Å²) in [5.74, 6) is 1.39. The maximum atomic E-state index is 5.72. The van der Waals surface area contributed by atoms with E-state index in [-0.39, 0.29) is 0 Å². The zero-order valence-electron chi connectivity index (χ0n) is 16.0. The van der Waals surface area contributed by atoms with Gasteiger partial charge in [-0.25, -0.2) is 4.98 Å². The molecule has 1 atom stereocenters. The average Bonchev–Trinajstić information content (AvgIpc) is 3.37. The van der Waals surface area contributed by atoms with E-state index in [0.29, 0.717) is 25.1 Å². The molecule has 0 amide bonds. The molecule has 2 aromatic heterocycles. The van der Waals surface area contributed by atoms with E-state index in [4.69, 9.17) is 9.47 Å². The van der Waals surface area contributed by atoms with E-state index in [2.05, 4.69) is 45.3 Å². The van der Waals surface area contributed by atoms with Crippen LogP contribution >= 0.6 is 0 Å². The summed E-state index contributed by atoms with van der Waals surface area (Å²) >= 11 is 0. The van der Waals surface area contributed by atoms with Crippen LogP contribution in [0.3, 0.4) is 0 Å². The van der Waals surface area contributed by atoms with Gasteiger partial charge in [-0.05, 0) is 42.1 Å². The maximum absolute atomic E-state index is 5.72. The highest BCUT2D eigenvalue weighted by atomic mass is 16.6. The van der Waals surface area contributed by atoms with Crippen molar-refractivity contribution < 1.29 is 9.47 Å². The zero-order chi connectivity index (χ0) is 18.9. The molecule has 4 heterocycles. The van der Waals surface area contributed by atoms with Crippen molar-refractivity contribution in [3.8, 4) is 22.8 Å². The number of ether oxygens (including phenoxy) is 2. The lowest BCUT2D eigenvalue weighted by molar-refractivity contribution is 0.163. The van der Waals surface area contributed by atoms with Crippen molar-refractivity contribution >= 4 is 0 Å². The van der Waals surface area contributed by atoms with E-state index in [1.54, 1.807) is 0 Å². The van der Waals surface area contributed by atoms with E-state index in [9.17, 15) is 0 Å². The monoisotopic (exact) mass is 376 g/mol. The third kappa shape index (κ3) is 3.36. The number of nitrogens with zero attached hydrogens (tertiary/aromatic N) is 4. The van der Waals surface area contributed by atoms with Crippen LogP contribution < -0.4 is 9.47 Å². The molecule has 0 bridgehead atoms. The summed E-state index contributed by atoms with van der Waals surface area (Å²) in [4.78, 5) is 7.00. The first kappa shape index (κ1) is 17.3. The number of aryl methyl sites for hydroxylation is 1. The molecular weight excluding hydrogens is 352 g/mol. The number of hydrogen-bond donors (Lipinski definition) is 0. The summed E-state index contributed by atoms with van der Waals surface area (Å²) in [5, 5.41) is 4.26. The van der Waals surface area contributed by atoms with Gasteiger partial charge in [0.25, 0.3) is 5.88 Å². The molecule has 1 fully saturated rings. The molecule has 1 saturated heterocycles. The Hall–Kier alpha value is -2.86. The third-order valence-corrected chi connectivity index (χ3v) is 5.55. The van der Waals surface area contributed by atoms with Crippen molar-refractivity contribution in [2.45, 2.75) is 25.4 Å². The minimum Gasteiger partial charge on any atom is -0.484 e. The predicted octanol–water partition coefficient (Wildman–Crippen LogP) is 3.59. The summed E-state index contributed by atoms with van der Waals surface area (Å²) in [6.07, 6.45) is 8.24. The predicted molar refractivity (Wildman–Crippen MR) is 106 cm³/mol. The van der Waals surface area contributed by atoms with Crippen molar-refractivity contribution in [1.29, 1.82) is 0 Å². The number of rotatable bonds is 4. The van der Waals surface area contributed by atoms with Crippen molar-refractivity contribution in [2.75, 3.05) is 19.8 Å². The Kier molecular flexibility index (Phi) is 4.49. The first-order valence-corrected chi connectivity index (χ1v) is 9.84. The van der Waals surface area contributed by atoms with Crippen LogP contribution in [-0.2, 0) is 13.6 Å². The molecule has 2 aliphatic heterocycles. The smallest absolute Gasteiger partial charge is 0.257 e. The molecule has 3 aromatic rings. The van der Waals surface area contributed by atoms with Crippen LogP contribution in [0.15, 0.2) is 48.9 Å².